The van der Waals surface area contributed by atoms with Crippen molar-refractivity contribution < 1.29 is 18.7 Å². The second-order valence-electron chi connectivity index (χ2n) is 6.62. The van der Waals surface area contributed by atoms with E-state index in [2.05, 4.69) is 0 Å². The standard InChI is InChI=1S/C22H20ClFO3/c1-3-27-22(26)21-16(20-17(23)8-5-9-18(20)24)11-15(12-19(21)25)14-7-4-6-13(2)10-14/h4-10,12,16,21H,3,11H2,1-2H3/t16-,21-/m0/s1. The average molecular weight is 387 g/mol. The second kappa shape index (κ2) is 8.05. The largest absolute Gasteiger partial charge is 0.465 e. The van der Waals surface area contributed by atoms with E-state index in [1.54, 1.807) is 13.0 Å². The highest BCUT2D eigenvalue weighted by Gasteiger charge is 2.41. The van der Waals surface area contributed by atoms with Gasteiger partial charge in [0.2, 0.25) is 0 Å². The number of allylic oxidation sites excluding steroid dienone is 2. The van der Waals surface area contributed by atoms with Crippen LogP contribution in [0.1, 0.15) is 36.0 Å². The monoisotopic (exact) mass is 386 g/mol. The first-order valence-electron chi connectivity index (χ1n) is 8.84. The van der Waals surface area contributed by atoms with Crippen LogP contribution < -0.4 is 0 Å². The Morgan fingerprint density at radius 3 is 2.67 bits per heavy atom. The maximum absolute atomic E-state index is 14.6. The third-order valence-corrected chi connectivity index (χ3v) is 5.09. The van der Waals surface area contributed by atoms with Crippen molar-refractivity contribution in [1.29, 1.82) is 0 Å². The van der Waals surface area contributed by atoms with E-state index in [1.165, 1.54) is 18.2 Å². The summed E-state index contributed by atoms with van der Waals surface area (Å²) in [5.41, 5.74) is 2.87. The molecule has 0 aliphatic heterocycles. The molecule has 140 valence electrons. The van der Waals surface area contributed by atoms with Crippen LogP contribution in [0.2, 0.25) is 5.02 Å². The van der Waals surface area contributed by atoms with Crippen LogP contribution in [0.15, 0.2) is 48.5 Å². The normalized spacial score (nSPS) is 19.6. The molecule has 0 spiro atoms. The molecule has 0 bridgehead atoms. The number of hydrogen-bond acceptors (Lipinski definition) is 3. The predicted octanol–water partition coefficient (Wildman–Crippen LogP) is 5.11. The lowest BCUT2D eigenvalue weighted by atomic mass is 9.73. The number of hydrogen-bond donors (Lipinski definition) is 0. The molecule has 3 nitrogen and oxygen atoms in total. The summed E-state index contributed by atoms with van der Waals surface area (Å²) in [5, 5.41) is 0.201. The van der Waals surface area contributed by atoms with Crippen LogP contribution in [0, 0.1) is 18.7 Å². The van der Waals surface area contributed by atoms with Crippen LogP contribution in [0.4, 0.5) is 4.39 Å². The van der Waals surface area contributed by atoms with Gasteiger partial charge in [-0.05, 0) is 49.6 Å². The van der Waals surface area contributed by atoms with Gasteiger partial charge in [-0.2, -0.15) is 0 Å². The summed E-state index contributed by atoms with van der Waals surface area (Å²) in [5.74, 6) is -3.38. The fourth-order valence-corrected chi connectivity index (χ4v) is 3.87. The van der Waals surface area contributed by atoms with Crippen LogP contribution in [0.5, 0.6) is 0 Å². The Morgan fingerprint density at radius 1 is 1.26 bits per heavy atom. The van der Waals surface area contributed by atoms with Gasteiger partial charge in [0.1, 0.15) is 11.7 Å². The number of ketones is 1. The highest BCUT2D eigenvalue weighted by Crippen LogP contribution is 2.43. The van der Waals surface area contributed by atoms with Gasteiger partial charge in [0.05, 0.1) is 6.61 Å². The molecule has 0 fully saturated rings. The quantitative estimate of drug-likeness (QED) is 0.542. The molecule has 0 aromatic heterocycles. The van der Waals surface area contributed by atoms with Gasteiger partial charge < -0.3 is 4.74 Å². The lowest BCUT2D eigenvalue weighted by Gasteiger charge is -2.30. The number of rotatable bonds is 4. The predicted molar refractivity (Wildman–Crippen MR) is 103 cm³/mol. The van der Waals surface area contributed by atoms with Crippen molar-refractivity contribution in [3.05, 3.63) is 76.1 Å². The molecule has 2 aromatic carbocycles. The maximum atomic E-state index is 14.6. The lowest BCUT2D eigenvalue weighted by molar-refractivity contribution is -0.151. The fourth-order valence-electron chi connectivity index (χ4n) is 3.57. The molecular formula is C22H20ClFO3. The Hall–Kier alpha value is -2.46. The third kappa shape index (κ3) is 3.96. The fraction of sp³-hybridized carbons (Fsp3) is 0.273. The summed E-state index contributed by atoms with van der Waals surface area (Å²) < 4.78 is 19.7. The minimum Gasteiger partial charge on any atom is -0.465 e. The molecular weight excluding hydrogens is 367 g/mol. The zero-order chi connectivity index (χ0) is 19.6. The van der Waals surface area contributed by atoms with Crippen LogP contribution in [-0.2, 0) is 14.3 Å². The number of halogens is 2. The van der Waals surface area contributed by atoms with Crippen LogP contribution in [0.3, 0.4) is 0 Å². The van der Waals surface area contributed by atoms with Gasteiger partial charge in [-0.25, -0.2) is 4.39 Å². The van der Waals surface area contributed by atoms with Crippen molar-refractivity contribution in [2.75, 3.05) is 6.61 Å². The van der Waals surface area contributed by atoms with Gasteiger partial charge in [0.25, 0.3) is 0 Å². The molecule has 0 unspecified atom stereocenters. The molecule has 0 N–H and O–H groups in total. The van der Waals surface area contributed by atoms with Crippen molar-refractivity contribution in [2.45, 2.75) is 26.2 Å². The van der Waals surface area contributed by atoms with Crippen molar-refractivity contribution in [2.24, 2.45) is 5.92 Å². The lowest BCUT2D eigenvalue weighted by Crippen LogP contribution is -2.34. The van der Waals surface area contributed by atoms with Crippen molar-refractivity contribution in [3.8, 4) is 0 Å². The van der Waals surface area contributed by atoms with E-state index in [0.717, 1.165) is 16.7 Å². The first-order valence-corrected chi connectivity index (χ1v) is 9.22. The first-order chi connectivity index (χ1) is 12.9. The SMILES string of the molecule is CCOC(=O)[C@@H]1C(=O)C=C(c2cccc(C)c2)C[C@H]1c1c(F)cccc1Cl. The summed E-state index contributed by atoms with van der Waals surface area (Å²) in [4.78, 5) is 25.3. The van der Waals surface area contributed by atoms with E-state index in [9.17, 15) is 14.0 Å². The summed E-state index contributed by atoms with van der Waals surface area (Å²) in [6.07, 6.45) is 1.79. The number of benzene rings is 2. The minimum atomic E-state index is -1.10. The number of ether oxygens (including phenoxy) is 1. The van der Waals surface area contributed by atoms with Gasteiger partial charge in [-0.3, -0.25) is 9.59 Å². The van der Waals surface area contributed by atoms with E-state index < -0.39 is 23.6 Å². The van der Waals surface area contributed by atoms with Crippen LogP contribution in [-0.4, -0.2) is 18.4 Å². The van der Waals surface area contributed by atoms with Gasteiger partial charge in [-0.15, -0.1) is 0 Å². The van der Waals surface area contributed by atoms with E-state index in [4.69, 9.17) is 16.3 Å². The summed E-state index contributed by atoms with van der Waals surface area (Å²) >= 11 is 6.25. The van der Waals surface area contributed by atoms with E-state index in [1.807, 2.05) is 31.2 Å². The van der Waals surface area contributed by atoms with E-state index in [0.29, 0.717) is 6.42 Å². The van der Waals surface area contributed by atoms with Crippen molar-refractivity contribution >= 4 is 28.9 Å². The summed E-state index contributed by atoms with van der Waals surface area (Å²) in [6.45, 7) is 3.78. The molecule has 1 aliphatic rings. The molecule has 0 amide bonds. The molecule has 1 aliphatic carbocycles. The molecule has 5 heteroatoms. The number of carbonyl (C=O) groups is 2. The van der Waals surface area contributed by atoms with Gasteiger partial charge in [-0.1, -0.05) is 47.5 Å². The summed E-state index contributed by atoms with van der Waals surface area (Å²) in [7, 11) is 0. The van der Waals surface area contributed by atoms with Gasteiger partial charge in [0, 0.05) is 16.5 Å². The average Bonchev–Trinajstić information content (AvgIpc) is 2.61. The Bertz CT molecular complexity index is 899. The first kappa shape index (κ1) is 19.3. The molecule has 0 radical (unpaired) electrons. The van der Waals surface area contributed by atoms with E-state index in [-0.39, 0.29) is 23.0 Å². The Balaban J connectivity index is 2.11. The molecule has 3 rings (SSSR count). The highest BCUT2D eigenvalue weighted by molar-refractivity contribution is 6.31. The van der Waals surface area contributed by atoms with Crippen molar-refractivity contribution in [1.82, 2.24) is 0 Å². The maximum Gasteiger partial charge on any atom is 0.317 e. The zero-order valence-electron chi connectivity index (χ0n) is 15.2. The molecule has 0 heterocycles. The molecule has 0 saturated heterocycles. The summed E-state index contributed by atoms with van der Waals surface area (Å²) in [6, 6.07) is 12.1. The minimum absolute atomic E-state index is 0.148. The van der Waals surface area contributed by atoms with Gasteiger partial charge in [0.15, 0.2) is 5.78 Å². The molecule has 0 saturated carbocycles. The van der Waals surface area contributed by atoms with Crippen LogP contribution >= 0.6 is 11.6 Å². The number of esters is 1. The third-order valence-electron chi connectivity index (χ3n) is 4.77. The topological polar surface area (TPSA) is 43.4 Å². The zero-order valence-corrected chi connectivity index (χ0v) is 15.9. The Morgan fingerprint density at radius 2 is 2.00 bits per heavy atom. The van der Waals surface area contributed by atoms with E-state index >= 15 is 0 Å². The number of aryl methyl sites for hydroxylation is 1. The molecule has 27 heavy (non-hydrogen) atoms. The number of carbonyl (C=O) groups excluding carboxylic acids is 2. The van der Waals surface area contributed by atoms with Gasteiger partial charge >= 0.3 is 5.97 Å². The highest BCUT2D eigenvalue weighted by atomic mass is 35.5. The van der Waals surface area contributed by atoms with Crippen molar-refractivity contribution in [3.63, 3.8) is 0 Å². The molecule has 2 aromatic rings. The van der Waals surface area contributed by atoms with Crippen LogP contribution in [0.25, 0.3) is 5.57 Å². The Labute approximate surface area is 162 Å². The molecule has 2 atom stereocenters. The second-order valence-corrected chi connectivity index (χ2v) is 7.02. The Kier molecular flexibility index (Phi) is 5.76. The smallest absolute Gasteiger partial charge is 0.317 e.